The molecule has 0 aromatic heterocycles. The van der Waals surface area contributed by atoms with E-state index in [2.05, 4.69) is 5.32 Å². The highest BCUT2D eigenvalue weighted by Gasteiger charge is 2.21. The maximum Gasteiger partial charge on any atom is 0.310 e. The molecule has 1 N–H and O–H groups in total. The van der Waals surface area contributed by atoms with E-state index in [1.807, 2.05) is 13.8 Å². The highest BCUT2D eigenvalue weighted by Crippen LogP contribution is 2.28. The van der Waals surface area contributed by atoms with Crippen LogP contribution in [0.25, 0.3) is 0 Å². The lowest BCUT2D eigenvalue weighted by molar-refractivity contribution is -0.386. The number of nitro benzene ring substituents is 1. The lowest BCUT2D eigenvalue weighted by atomic mass is 10.2. The Balaban J connectivity index is 2.87. The molecule has 0 saturated heterocycles. The number of nitrogens with one attached hydrogen (secondary N) is 1. The first-order valence-electron chi connectivity index (χ1n) is 6.53. The predicted molar refractivity (Wildman–Crippen MR) is 76.4 cm³/mol. The largest absolute Gasteiger partial charge is 0.474 e. The van der Waals surface area contributed by atoms with Crippen LogP contribution in [0.3, 0.4) is 0 Å². The zero-order valence-corrected chi connectivity index (χ0v) is 12.2. The van der Waals surface area contributed by atoms with Crippen LogP contribution in [0, 0.1) is 16.0 Å². The fourth-order valence-corrected chi connectivity index (χ4v) is 1.54. The highest BCUT2D eigenvalue weighted by molar-refractivity contribution is 5.81. The Kier molecular flexibility index (Phi) is 5.83. The van der Waals surface area contributed by atoms with Crippen LogP contribution >= 0.6 is 0 Å². The first kappa shape index (κ1) is 16.6. The monoisotopic (exact) mass is 294 g/mol. The first-order valence-corrected chi connectivity index (χ1v) is 6.53. The fraction of sp³-hybridized carbons (Fsp3) is 0.429. The third-order valence-corrected chi connectivity index (χ3v) is 2.67. The average Bonchev–Trinajstić information content (AvgIpc) is 2.43. The minimum atomic E-state index is -0.899. The van der Waals surface area contributed by atoms with E-state index in [4.69, 9.17) is 4.74 Å². The van der Waals surface area contributed by atoms with Crippen molar-refractivity contribution in [3.8, 4) is 5.75 Å². The second-order valence-electron chi connectivity index (χ2n) is 5.00. The molecular weight excluding hydrogens is 276 g/mol. The van der Waals surface area contributed by atoms with Crippen molar-refractivity contribution in [2.45, 2.75) is 26.9 Å². The van der Waals surface area contributed by atoms with Crippen LogP contribution in [0.4, 0.5) is 5.69 Å². The van der Waals surface area contributed by atoms with Gasteiger partial charge < -0.3 is 10.1 Å². The number of hydrogen-bond donors (Lipinski definition) is 1. The van der Waals surface area contributed by atoms with Gasteiger partial charge in [-0.2, -0.15) is 0 Å². The number of aldehydes is 1. The van der Waals surface area contributed by atoms with Gasteiger partial charge in [-0.05, 0) is 25.0 Å². The minimum Gasteiger partial charge on any atom is -0.474 e. The smallest absolute Gasteiger partial charge is 0.310 e. The number of nitrogens with zero attached hydrogens (tertiary/aromatic N) is 1. The molecule has 0 saturated carbocycles. The van der Waals surface area contributed by atoms with Crippen LogP contribution in [0.5, 0.6) is 5.75 Å². The van der Waals surface area contributed by atoms with E-state index in [0.29, 0.717) is 12.8 Å². The molecule has 1 atom stereocenters. The molecule has 0 aliphatic carbocycles. The summed E-state index contributed by atoms with van der Waals surface area (Å²) in [7, 11) is 0. The van der Waals surface area contributed by atoms with E-state index in [1.54, 1.807) is 0 Å². The summed E-state index contributed by atoms with van der Waals surface area (Å²) in [6.07, 6.45) is -0.343. The van der Waals surface area contributed by atoms with Gasteiger partial charge in [0.25, 0.3) is 5.91 Å². The molecule has 0 spiro atoms. The lowest BCUT2D eigenvalue weighted by Crippen LogP contribution is -2.38. The second-order valence-corrected chi connectivity index (χ2v) is 5.00. The molecule has 1 aromatic carbocycles. The van der Waals surface area contributed by atoms with Crippen LogP contribution in [-0.2, 0) is 4.79 Å². The summed E-state index contributed by atoms with van der Waals surface area (Å²) in [5, 5.41) is 13.6. The molecule has 0 heterocycles. The summed E-state index contributed by atoms with van der Waals surface area (Å²) < 4.78 is 5.33. The van der Waals surface area contributed by atoms with Crippen molar-refractivity contribution in [2.24, 2.45) is 5.92 Å². The third kappa shape index (κ3) is 4.87. The number of rotatable bonds is 7. The summed E-state index contributed by atoms with van der Waals surface area (Å²) >= 11 is 0. The molecule has 0 radical (unpaired) electrons. The minimum absolute atomic E-state index is 0.100. The molecule has 1 aromatic rings. The number of amides is 1. The van der Waals surface area contributed by atoms with Crippen LogP contribution < -0.4 is 10.1 Å². The molecule has 1 rings (SSSR count). The molecule has 114 valence electrons. The lowest BCUT2D eigenvalue weighted by Gasteiger charge is -2.15. The third-order valence-electron chi connectivity index (χ3n) is 2.67. The van der Waals surface area contributed by atoms with Gasteiger partial charge in [0.15, 0.2) is 11.9 Å². The van der Waals surface area contributed by atoms with Crippen molar-refractivity contribution in [3.63, 3.8) is 0 Å². The topological polar surface area (TPSA) is 98.5 Å². The summed E-state index contributed by atoms with van der Waals surface area (Å²) in [4.78, 5) is 32.8. The van der Waals surface area contributed by atoms with Crippen molar-refractivity contribution in [1.82, 2.24) is 5.32 Å². The maximum atomic E-state index is 11.8. The average molecular weight is 294 g/mol. The maximum absolute atomic E-state index is 11.8. The zero-order chi connectivity index (χ0) is 16.0. The van der Waals surface area contributed by atoms with E-state index in [9.17, 15) is 19.7 Å². The molecule has 0 aliphatic rings. The Bertz CT molecular complexity index is 542. The number of benzene rings is 1. The summed E-state index contributed by atoms with van der Waals surface area (Å²) in [5.41, 5.74) is -0.0468. The van der Waals surface area contributed by atoms with Gasteiger partial charge >= 0.3 is 5.69 Å². The molecule has 1 amide bonds. The molecule has 0 fully saturated rings. The summed E-state index contributed by atoms with van der Waals surface area (Å²) in [6, 6.07) is 3.75. The van der Waals surface area contributed by atoms with E-state index < -0.39 is 11.0 Å². The summed E-state index contributed by atoms with van der Waals surface area (Å²) in [6.45, 7) is 5.88. The van der Waals surface area contributed by atoms with Gasteiger partial charge in [-0.15, -0.1) is 0 Å². The standard InChI is InChI=1S/C14H18N2O5/c1-9(2)7-15-14(18)10(3)21-13-6-11(8-17)4-5-12(13)16(19)20/h4-6,8-10H,7H2,1-3H3,(H,15,18). The van der Waals surface area contributed by atoms with Crippen molar-refractivity contribution in [3.05, 3.63) is 33.9 Å². The molecule has 1 unspecified atom stereocenters. The van der Waals surface area contributed by atoms with E-state index in [-0.39, 0.29) is 28.8 Å². The van der Waals surface area contributed by atoms with Gasteiger partial charge in [0.05, 0.1) is 4.92 Å². The van der Waals surface area contributed by atoms with E-state index in [1.165, 1.54) is 25.1 Å². The predicted octanol–water partition coefficient (Wildman–Crippen LogP) is 1.95. The van der Waals surface area contributed by atoms with E-state index in [0.717, 1.165) is 0 Å². The van der Waals surface area contributed by atoms with Gasteiger partial charge in [-0.3, -0.25) is 19.7 Å². The van der Waals surface area contributed by atoms with Crippen LogP contribution in [0.15, 0.2) is 18.2 Å². The van der Waals surface area contributed by atoms with Gasteiger partial charge in [0, 0.05) is 18.2 Å². The number of carbonyl (C=O) groups excluding carboxylic acids is 2. The van der Waals surface area contributed by atoms with Crippen LogP contribution in [-0.4, -0.2) is 29.8 Å². The Morgan fingerprint density at radius 1 is 1.43 bits per heavy atom. The Morgan fingerprint density at radius 3 is 2.62 bits per heavy atom. The second kappa shape index (κ2) is 7.37. The molecule has 7 heteroatoms. The molecule has 21 heavy (non-hydrogen) atoms. The molecule has 0 bridgehead atoms. The van der Waals surface area contributed by atoms with Crippen molar-refractivity contribution >= 4 is 17.9 Å². The number of nitro groups is 1. The molecule has 7 nitrogen and oxygen atoms in total. The number of carbonyl (C=O) groups is 2. The zero-order valence-electron chi connectivity index (χ0n) is 12.2. The van der Waals surface area contributed by atoms with Gasteiger partial charge in [-0.25, -0.2) is 0 Å². The van der Waals surface area contributed by atoms with Crippen LogP contribution in [0.2, 0.25) is 0 Å². The highest BCUT2D eigenvalue weighted by atomic mass is 16.6. The van der Waals surface area contributed by atoms with Gasteiger partial charge in [0.2, 0.25) is 0 Å². The van der Waals surface area contributed by atoms with E-state index >= 15 is 0 Å². The first-order chi connectivity index (χ1) is 9.85. The Morgan fingerprint density at radius 2 is 2.10 bits per heavy atom. The quantitative estimate of drug-likeness (QED) is 0.471. The number of ether oxygens (including phenoxy) is 1. The Hall–Kier alpha value is -2.44. The fourth-order valence-electron chi connectivity index (χ4n) is 1.54. The van der Waals surface area contributed by atoms with Crippen molar-refractivity contribution in [1.29, 1.82) is 0 Å². The normalized spacial score (nSPS) is 11.8. The number of hydrogen-bond acceptors (Lipinski definition) is 5. The Labute approximate surface area is 122 Å². The van der Waals surface area contributed by atoms with Crippen LogP contribution in [0.1, 0.15) is 31.1 Å². The summed E-state index contributed by atoms with van der Waals surface area (Å²) in [5.74, 6) is -0.180. The van der Waals surface area contributed by atoms with Gasteiger partial charge in [0.1, 0.15) is 6.29 Å². The van der Waals surface area contributed by atoms with Gasteiger partial charge in [-0.1, -0.05) is 13.8 Å². The van der Waals surface area contributed by atoms with Crippen molar-refractivity contribution in [2.75, 3.05) is 6.54 Å². The van der Waals surface area contributed by atoms with Crippen molar-refractivity contribution < 1.29 is 19.2 Å². The molecular formula is C14H18N2O5. The molecule has 0 aliphatic heterocycles. The SMILES string of the molecule is CC(C)CNC(=O)C(C)Oc1cc(C=O)ccc1[N+](=O)[O-].